The Morgan fingerprint density at radius 2 is 1.62 bits per heavy atom. The van der Waals surface area contributed by atoms with E-state index in [9.17, 15) is 8.42 Å². The standard InChI is InChI=1S/C18H21N3O4S/c1-20-8-10-21(11-9-20)15-4-2-14(3-5-15)19-26(22,23)16-6-7-17-18(12-16)25-13-24-17/h2-7,12,19H,8-11,13H2,1H3. The molecule has 1 fully saturated rings. The zero-order valence-electron chi connectivity index (χ0n) is 14.5. The van der Waals surface area contributed by atoms with Gasteiger partial charge in [-0.05, 0) is 43.4 Å². The first-order valence-corrected chi connectivity index (χ1v) is 9.96. The first-order valence-electron chi connectivity index (χ1n) is 8.47. The van der Waals surface area contributed by atoms with Crippen LogP contribution in [0.4, 0.5) is 11.4 Å². The SMILES string of the molecule is CN1CCN(c2ccc(NS(=O)(=O)c3ccc4c(c3)OCO4)cc2)CC1. The fourth-order valence-corrected chi connectivity index (χ4v) is 4.14. The molecule has 2 aromatic carbocycles. The maximum atomic E-state index is 12.6. The van der Waals surface area contributed by atoms with Gasteiger partial charge in [-0.15, -0.1) is 0 Å². The molecule has 138 valence electrons. The zero-order valence-corrected chi connectivity index (χ0v) is 15.3. The first-order chi connectivity index (χ1) is 12.5. The van der Waals surface area contributed by atoms with Gasteiger partial charge in [0.1, 0.15) is 0 Å². The number of ether oxygens (including phenoxy) is 2. The summed E-state index contributed by atoms with van der Waals surface area (Å²) in [7, 11) is -1.57. The van der Waals surface area contributed by atoms with Gasteiger partial charge in [0.05, 0.1) is 4.90 Å². The van der Waals surface area contributed by atoms with E-state index in [0.29, 0.717) is 17.2 Å². The Kier molecular flexibility index (Phi) is 4.37. The molecule has 2 aromatic rings. The molecule has 1 saturated heterocycles. The van der Waals surface area contributed by atoms with E-state index in [4.69, 9.17) is 9.47 Å². The van der Waals surface area contributed by atoms with Gasteiger partial charge in [-0.1, -0.05) is 0 Å². The third-order valence-electron chi connectivity index (χ3n) is 4.64. The van der Waals surface area contributed by atoms with Gasteiger partial charge in [0, 0.05) is 43.6 Å². The molecule has 7 nitrogen and oxygen atoms in total. The Bertz CT molecular complexity index is 891. The predicted octanol–water partition coefficient (Wildman–Crippen LogP) is 1.97. The second-order valence-corrected chi connectivity index (χ2v) is 8.14. The van der Waals surface area contributed by atoms with Crippen LogP contribution in [0, 0.1) is 0 Å². The van der Waals surface area contributed by atoms with Gasteiger partial charge < -0.3 is 19.3 Å². The molecule has 2 heterocycles. The van der Waals surface area contributed by atoms with Crippen LogP contribution in [-0.4, -0.2) is 53.3 Å². The largest absolute Gasteiger partial charge is 0.454 e. The lowest BCUT2D eigenvalue weighted by molar-refractivity contribution is 0.174. The maximum Gasteiger partial charge on any atom is 0.262 e. The van der Waals surface area contributed by atoms with Gasteiger partial charge in [0.15, 0.2) is 11.5 Å². The van der Waals surface area contributed by atoms with Crippen LogP contribution in [0.15, 0.2) is 47.4 Å². The van der Waals surface area contributed by atoms with E-state index in [1.165, 1.54) is 12.1 Å². The summed E-state index contributed by atoms with van der Waals surface area (Å²) in [6, 6.07) is 12.1. The van der Waals surface area contributed by atoms with Gasteiger partial charge in [-0.3, -0.25) is 4.72 Å². The van der Waals surface area contributed by atoms with Crippen molar-refractivity contribution in [1.82, 2.24) is 4.90 Å². The third kappa shape index (κ3) is 3.42. The minimum atomic E-state index is -3.69. The highest BCUT2D eigenvalue weighted by Crippen LogP contribution is 2.34. The van der Waals surface area contributed by atoms with Crippen molar-refractivity contribution in [1.29, 1.82) is 0 Å². The van der Waals surface area contributed by atoms with Crippen LogP contribution in [0.25, 0.3) is 0 Å². The molecular formula is C18H21N3O4S. The van der Waals surface area contributed by atoms with Gasteiger partial charge in [-0.2, -0.15) is 0 Å². The Morgan fingerprint density at radius 3 is 2.35 bits per heavy atom. The van der Waals surface area contributed by atoms with Gasteiger partial charge in [0.2, 0.25) is 6.79 Å². The molecule has 8 heteroatoms. The lowest BCUT2D eigenvalue weighted by atomic mass is 10.2. The van der Waals surface area contributed by atoms with Gasteiger partial charge in [-0.25, -0.2) is 8.42 Å². The Morgan fingerprint density at radius 1 is 0.923 bits per heavy atom. The molecule has 0 saturated carbocycles. The van der Waals surface area contributed by atoms with E-state index >= 15 is 0 Å². The average molecular weight is 375 g/mol. The smallest absolute Gasteiger partial charge is 0.262 e. The second-order valence-electron chi connectivity index (χ2n) is 6.46. The predicted molar refractivity (Wildman–Crippen MR) is 99.5 cm³/mol. The number of sulfonamides is 1. The Labute approximate surface area is 153 Å². The minimum absolute atomic E-state index is 0.111. The molecule has 0 bridgehead atoms. The van der Waals surface area contributed by atoms with E-state index in [-0.39, 0.29) is 11.7 Å². The van der Waals surface area contributed by atoms with Crippen LogP contribution >= 0.6 is 0 Å². The van der Waals surface area contributed by atoms with Crippen molar-refractivity contribution in [2.75, 3.05) is 49.6 Å². The summed E-state index contributed by atoms with van der Waals surface area (Å²) in [5.41, 5.74) is 1.63. The van der Waals surface area contributed by atoms with Crippen LogP contribution in [-0.2, 0) is 10.0 Å². The minimum Gasteiger partial charge on any atom is -0.454 e. The molecule has 0 aromatic heterocycles. The Hall–Kier alpha value is -2.45. The summed E-state index contributed by atoms with van der Waals surface area (Å²) in [4.78, 5) is 4.74. The molecule has 0 aliphatic carbocycles. The first kappa shape index (κ1) is 17.0. The number of benzene rings is 2. The number of anilines is 2. The lowest BCUT2D eigenvalue weighted by Crippen LogP contribution is -2.44. The normalized spacial score (nSPS) is 17.3. The van der Waals surface area contributed by atoms with Crippen LogP contribution in [0.3, 0.4) is 0 Å². The van der Waals surface area contributed by atoms with Crippen molar-refractivity contribution in [2.24, 2.45) is 0 Å². The number of hydrogen-bond donors (Lipinski definition) is 1. The highest BCUT2D eigenvalue weighted by Gasteiger charge is 2.20. The number of likely N-dealkylation sites (N-methyl/N-ethyl adjacent to an activating group) is 1. The van der Waals surface area contributed by atoms with Crippen LogP contribution in [0.2, 0.25) is 0 Å². The van der Waals surface area contributed by atoms with Crippen molar-refractivity contribution < 1.29 is 17.9 Å². The van der Waals surface area contributed by atoms with Crippen LogP contribution < -0.4 is 19.1 Å². The topological polar surface area (TPSA) is 71.1 Å². The van der Waals surface area contributed by atoms with Gasteiger partial charge in [0.25, 0.3) is 10.0 Å². The molecular weight excluding hydrogens is 354 g/mol. The van der Waals surface area contributed by atoms with Crippen LogP contribution in [0.5, 0.6) is 11.5 Å². The molecule has 1 N–H and O–H groups in total. The van der Waals surface area contributed by atoms with Gasteiger partial charge >= 0.3 is 0 Å². The summed E-state index contributed by atoms with van der Waals surface area (Å²) < 4.78 is 38.3. The molecule has 0 amide bonds. The Balaban J connectivity index is 1.48. The van der Waals surface area contributed by atoms with E-state index in [1.807, 2.05) is 12.1 Å². The molecule has 2 aliphatic rings. The molecule has 26 heavy (non-hydrogen) atoms. The van der Waals surface area contributed by atoms with Crippen molar-refractivity contribution in [3.8, 4) is 11.5 Å². The highest BCUT2D eigenvalue weighted by atomic mass is 32.2. The third-order valence-corrected chi connectivity index (χ3v) is 6.02. The average Bonchev–Trinajstić information content (AvgIpc) is 3.11. The van der Waals surface area contributed by atoms with Crippen molar-refractivity contribution >= 4 is 21.4 Å². The molecule has 0 atom stereocenters. The number of nitrogens with one attached hydrogen (secondary N) is 1. The fraction of sp³-hybridized carbons (Fsp3) is 0.333. The monoisotopic (exact) mass is 375 g/mol. The molecule has 0 spiro atoms. The zero-order chi connectivity index (χ0) is 18.1. The van der Waals surface area contributed by atoms with Crippen molar-refractivity contribution in [3.63, 3.8) is 0 Å². The van der Waals surface area contributed by atoms with Crippen molar-refractivity contribution in [3.05, 3.63) is 42.5 Å². The molecule has 0 unspecified atom stereocenters. The number of nitrogens with zero attached hydrogens (tertiary/aromatic N) is 2. The summed E-state index contributed by atoms with van der Waals surface area (Å²) >= 11 is 0. The number of fused-ring (bicyclic) bond motifs is 1. The van der Waals surface area contributed by atoms with Crippen molar-refractivity contribution in [2.45, 2.75) is 4.90 Å². The van der Waals surface area contributed by atoms with E-state index in [1.54, 1.807) is 18.2 Å². The molecule has 2 aliphatic heterocycles. The quantitative estimate of drug-likeness (QED) is 0.881. The lowest BCUT2D eigenvalue weighted by Gasteiger charge is -2.34. The summed E-state index contributed by atoms with van der Waals surface area (Å²) in [6.45, 7) is 4.11. The molecule has 4 rings (SSSR count). The highest BCUT2D eigenvalue weighted by molar-refractivity contribution is 7.92. The van der Waals surface area contributed by atoms with E-state index < -0.39 is 10.0 Å². The number of rotatable bonds is 4. The van der Waals surface area contributed by atoms with Crippen LogP contribution in [0.1, 0.15) is 0 Å². The van der Waals surface area contributed by atoms with E-state index in [2.05, 4.69) is 21.6 Å². The second kappa shape index (κ2) is 6.69. The number of piperazine rings is 1. The molecule has 0 radical (unpaired) electrons. The summed E-state index contributed by atoms with van der Waals surface area (Å²) in [5, 5.41) is 0. The summed E-state index contributed by atoms with van der Waals surface area (Å²) in [5.74, 6) is 0.999. The van der Waals surface area contributed by atoms with E-state index in [0.717, 1.165) is 31.9 Å². The number of hydrogen-bond acceptors (Lipinski definition) is 6. The summed E-state index contributed by atoms with van der Waals surface area (Å²) in [6.07, 6.45) is 0. The maximum absolute atomic E-state index is 12.6. The fourth-order valence-electron chi connectivity index (χ4n) is 3.06.